The van der Waals surface area contributed by atoms with Crippen LogP contribution in [0.4, 0.5) is 5.69 Å². The fourth-order valence-corrected chi connectivity index (χ4v) is 3.73. The topological polar surface area (TPSA) is 42.0 Å². The molecule has 116 valence electrons. The van der Waals surface area contributed by atoms with E-state index in [9.17, 15) is 4.79 Å². The van der Waals surface area contributed by atoms with Crippen molar-refractivity contribution >= 4 is 57.3 Å². The number of amides is 1. The summed E-state index contributed by atoms with van der Waals surface area (Å²) in [7, 11) is 0. The van der Waals surface area contributed by atoms with Crippen LogP contribution >= 0.6 is 45.7 Å². The Morgan fingerprint density at radius 1 is 1.13 bits per heavy atom. The van der Waals surface area contributed by atoms with Crippen molar-refractivity contribution in [1.29, 1.82) is 0 Å². The third-order valence-corrected chi connectivity index (χ3v) is 5.49. The van der Waals surface area contributed by atoms with Crippen molar-refractivity contribution in [3.8, 4) is 0 Å². The first-order chi connectivity index (χ1) is 11.2. The van der Waals surface area contributed by atoms with Crippen LogP contribution in [0.1, 0.15) is 16.1 Å². The summed E-state index contributed by atoms with van der Waals surface area (Å²) in [6.45, 7) is 0. The van der Waals surface area contributed by atoms with E-state index in [1.165, 1.54) is 0 Å². The Morgan fingerprint density at radius 2 is 1.87 bits per heavy atom. The van der Waals surface area contributed by atoms with E-state index in [1.54, 1.807) is 23.1 Å². The van der Waals surface area contributed by atoms with E-state index in [-0.39, 0.29) is 5.91 Å². The number of hydrogen-bond donors (Lipinski definition) is 1. The molecule has 23 heavy (non-hydrogen) atoms. The van der Waals surface area contributed by atoms with Crippen LogP contribution in [-0.2, 0) is 5.75 Å². The normalized spacial score (nSPS) is 10.5. The zero-order chi connectivity index (χ0) is 16.1. The largest absolute Gasteiger partial charge is 0.322 e. The van der Waals surface area contributed by atoms with E-state index in [1.807, 2.05) is 54.0 Å². The van der Waals surface area contributed by atoms with Gasteiger partial charge in [-0.25, -0.2) is 4.98 Å². The van der Waals surface area contributed by atoms with Crippen LogP contribution < -0.4 is 5.32 Å². The number of anilines is 1. The van der Waals surface area contributed by atoms with Gasteiger partial charge in [0.05, 0.1) is 11.2 Å². The number of nitrogens with one attached hydrogen (secondary N) is 1. The highest BCUT2D eigenvalue weighted by molar-refractivity contribution is 14.1. The Bertz CT molecular complexity index is 771. The van der Waals surface area contributed by atoms with E-state index in [4.69, 9.17) is 0 Å². The molecule has 3 nitrogen and oxygen atoms in total. The van der Waals surface area contributed by atoms with Gasteiger partial charge in [0.15, 0.2) is 0 Å². The van der Waals surface area contributed by atoms with Gasteiger partial charge in [-0.3, -0.25) is 4.79 Å². The zero-order valence-electron chi connectivity index (χ0n) is 12.0. The molecule has 1 heterocycles. The van der Waals surface area contributed by atoms with Crippen LogP contribution in [-0.4, -0.2) is 10.9 Å². The van der Waals surface area contributed by atoms with Gasteiger partial charge in [0.1, 0.15) is 0 Å². The number of hydrogen-bond acceptors (Lipinski definition) is 4. The first-order valence-electron chi connectivity index (χ1n) is 6.87. The van der Waals surface area contributed by atoms with Crippen molar-refractivity contribution in [2.45, 2.75) is 10.6 Å². The quantitative estimate of drug-likeness (QED) is 0.423. The maximum Gasteiger partial charge on any atom is 0.255 e. The number of rotatable bonds is 5. The molecule has 0 aliphatic rings. The minimum atomic E-state index is -0.0951. The Kier molecular flexibility index (Phi) is 5.69. The number of thioether (sulfide) groups is 1. The predicted octanol–water partition coefficient (Wildman–Crippen LogP) is 5.29. The molecule has 0 aliphatic carbocycles. The molecule has 1 N–H and O–H groups in total. The van der Waals surface area contributed by atoms with Gasteiger partial charge >= 0.3 is 0 Å². The van der Waals surface area contributed by atoms with E-state index in [0.29, 0.717) is 5.56 Å². The first-order valence-corrected chi connectivity index (χ1v) is 9.88. The average molecular weight is 452 g/mol. The molecule has 2 aromatic carbocycles. The van der Waals surface area contributed by atoms with Gasteiger partial charge in [0, 0.05) is 30.8 Å². The number of nitrogens with zero attached hydrogens (tertiary/aromatic N) is 1. The molecule has 3 aromatic rings. The van der Waals surface area contributed by atoms with Gasteiger partial charge in [-0.05, 0) is 71.1 Å². The standard InChI is InChI=1S/C17H13IN2OS2/c18-13-3-5-14(6-4-13)20-17(21)12-1-7-16(8-2-12)23-10-15-9-22-11-19-15/h1-9,11H,10H2,(H,20,21). The summed E-state index contributed by atoms with van der Waals surface area (Å²) >= 11 is 5.56. The highest BCUT2D eigenvalue weighted by Crippen LogP contribution is 2.23. The van der Waals surface area contributed by atoms with Crippen molar-refractivity contribution < 1.29 is 4.79 Å². The second-order valence-electron chi connectivity index (χ2n) is 4.75. The summed E-state index contributed by atoms with van der Waals surface area (Å²) in [5.41, 5.74) is 4.38. The molecule has 0 atom stereocenters. The van der Waals surface area contributed by atoms with Crippen LogP contribution in [0.2, 0.25) is 0 Å². The number of thiazole rings is 1. The van der Waals surface area contributed by atoms with Gasteiger partial charge in [0.25, 0.3) is 5.91 Å². The number of carbonyl (C=O) groups is 1. The third kappa shape index (κ3) is 4.79. The molecule has 0 saturated carbocycles. The molecule has 0 aliphatic heterocycles. The van der Waals surface area contributed by atoms with E-state index >= 15 is 0 Å². The van der Waals surface area contributed by atoms with Gasteiger partial charge in [-0.15, -0.1) is 23.1 Å². The molecule has 0 spiro atoms. The van der Waals surface area contributed by atoms with Crippen molar-refractivity contribution in [1.82, 2.24) is 4.98 Å². The predicted molar refractivity (Wildman–Crippen MR) is 105 cm³/mol. The van der Waals surface area contributed by atoms with Gasteiger partial charge in [0.2, 0.25) is 0 Å². The van der Waals surface area contributed by atoms with E-state index in [0.717, 1.165) is 25.6 Å². The molecular weight excluding hydrogens is 439 g/mol. The second kappa shape index (κ2) is 7.94. The summed E-state index contributed by atoms with van der Waals surface area (Å²) in [5.74, 6) is 0.750. The fraction of sp³-hybridized carbons (Fsp3) is 0.0588. The lowest BCUT2D eigenvalue weighted by Crippen LogP contribution is -2.11. The van der Waals surface area contributed by atoms with Crippen LogP contribution in [0.25, 0.3) is 0 Å². The smallest absolute Gasteiger partial charge is 0.255 e. The third-order valence-electron chi connectivity index (χ3n) is 3.09. The molecular formula is C17H13IN2OS2. The van der Waals surface area contributed by atoms with Crippen molar-refractivity contribution in [3.05, 3.63) is 74.2 Å². The lowest BCUT2D eigenvalue weighted by atomic mass is 10.2. The summed E-state index contributed by atoms with van der Waals surface area (Å²) in [6.07, 6.45) is 0. The zero-order valence-corrected chi connectivity index (χ0v) is 15.8. The summed E-state index contributed by atoms with van der Waals surface area (Å²) in [5, 5.41) is 4.95. The van der Waals surface area contributed by atoms with Gasteiger partial charge < -0.3 is 5.32 Å². The lowest BCUT2D eigenvalue weighted by Gasteiger charge is -2.06. The molecule has 0 fully saturated rings. The highest BCUT2D eigenvalue weighted by Gasteiger charge is 2.06. The molecule has 6 heteroatoms. The fourth-order valence-electron chi connectivity index (χ4n) is 1.91. The van der Waals surface area contributed by atoms with Gasteiger partial charge in [-0.2, -0.15) is 0 Å². The minimum Gasteiger partial charge on any atom is -0.322 e. The Balaban J connectivity index is 1.59. The molecule has 0 saturated heterocycles. The lowest BCUT2D eigenvalue weighted by molar-refractivity contribution is 0.102. The minimum absolute atomic E-state index is 0.0951. The van der Waals surface area contributed by atoms with Crippen LogP contribution in [0.15, 0.2) is 64.3 Å². The van der Waals surface area contributed by atoms with E-state index in [2.05, 4.69) is 38.3 Å². The SMILES string of the molecule is O=C(Nc1ccc(I)cc1)c1ccc(SCc2cscn2)cc1. The molecule has 0 bridgehead atoms. The second-order valence-corrected chi connectivity index (χ2v) is 7.77. The first kappa shape index (κ1) is 16.5. The van der Waals surface area contributed by atoms with E-state index < -0.39 is 0 Å². The Morgan fingerprint density at radius 3 is 2.52 bits per heavy atom. The van der Waals surface area contributed by atoms with Crippen molar-refractivity contribution in [2.75, 3.05) is 5.32 Å². The van der Waals surface area contributed by atoms with Crippen molar-refractivity contribution in [3.63, 3.8) is 0 Å². The van der Waals surface area contributed by atoms with Crippen LogP contribution in [0.5, 0.6) is 0 Å². The van der Waals surface area contributed by atoms with Crippen LogP contribution in [0.3, 0.4) is 0 Å². The monoisotopic (exact) mass is 452 g/mol. The summed E-state index contributed by atoms with van der Waals surface area (Å²) < 4.78 is 1.14. The average Bonchev–Trinajstić information content (AvgIpc) is 3.09. The molecule has 1 aromatic heterocycles. The highest BCUT2D eigenvalue weighted by atomic mass is 127. The van der Waals surface area contributed by atoms with Crippen molar-refractivity contribution in [2.24, 2.45) is 0 Å². The maximum atomic E-state index is 12.2. The molecule has 0 radical (unpaired) electrons. The summed E-state index contributed by atoms with van der Waals surface area (Å²) in [4.78, 5) is 17.6. The Labute approximate surface area is 156 Å². The van der Waals surface area contributed by atoms with Gasteiger partial charge in [-0.1, -0.05) is 0 Å². The molecule has 3 rings (SSSR count). The van der Waals surface area contributed by atoms with Crippen LogP contribution in [0, 0.1) is 3.57 Å². The summed E-state index contributed by atoms with van der Waals surface area (Å²) in [6, 6.07) is 15.4. The number of carbonyl (C=O) groups excluding carboxylic acids is 1. The Hall–Kier alpha value is -1.38. The molecule has 0 unspecified atom stereocenters. The number of benzene rings is 2. The number of aromatic nitrogens is 1. The maximum absolute atomic E-state index is 12.2. The molecule has 1 amide bonds. The number of halogens is 1.